The number of nitrogens with two attached hydrogens (primary N) is 1. The van der Waals surface area contributed by atoms with Crippen molar-refractivity contribution in [3.05, 3.63) is 58.3 Å². The maximum atomic E-state index is 12.9. The Bertz CT molecular complexity index is 1360. The van der Waals surface area contributed by atoms with Crippen molar-refractivity contribution in [2.45, 2.75) is 38.3 Å². The first-order chi connectivity index (χ1) is 18.8. The Kier molecular flexibility index (Phi) is 6.59. The van der Waals surface area contributed by atoms with Gasteiger partial charge in [-0.3, -0.25) is 29.4 Å². The second-order valence-electron chi connectivity index (χ2n) is 10.9. The van der Waals surface area contributed by atoms with Crippen molar-refractivity contribution in [3.8, 4) is 0 Å². The summed E-state index contributed by atoms with van der Waals surface area (Å²) in [5.41, 5.74) is 9.42. The molecule has 3 fully saturated rings. The zero-order valence-electron chi connectivity index (χ0n) is 21.6. The fourth-order valence-electron chi connectivity index (χ4n) is 6.00. The number of primary amides is 1. The van der Waals surface area contributed by atoms with E-state index >= 15 is 0 Å². The highest BCUT2D eigenvalue weighted by Crippen LogP contribution is 2.30. The number of hydrogen-bond acceptors (Lipinski definition) is 8. The molecule has 1 unspecified atom stereocenters. The van der Waals surface area contributed by atoms with Crippen LogP contribution in [-0.2, 0) is 16.1 Å². The summed E-state index contributed by atoms with van der Waals surface area (Å²) in [5, 5.41) is 10.4. The largest absolute Gasteiger partial charge is 0.364 e. The number of aromatic nitrogens is 2. The van der Waals surface area contributed by atoms with Gasteiger partial charge in [0, 0.05) is 51.3 Å². The number of benzene rings is 1. The molecule has 3 N–H and O–H groups in total. The van der Waals surface area contributed by atoms with Gasteiger partial charge in [-0.1, -0.05) is 12.1 Å². The molecule has 0 spiro atoms. The van der Waals surface area contributed by atoms with Crippen LogP contribution in [0.25, 0.3) is 6.08 Å². The number of rotatable bonds is 6. The Morgan fingerprint density at radius 2 is 1.82 bits per heavy atom. The molecule has 1 aromatic carbocycles. The van der Waals surface area contributed by atoms with Crippen LogP contribution >= 0.6 is 0 Å². The van der Waals surface area contributed by atoms with E-state index in [1.807, 2.05) is 18.2 Å². The monoisotopic (exact) mass is 529 g/mol. The summed E-state index contributed by atoms with van der Waals surface area (Å²) >= 11 is 0. The predicted molar refractivity (Wildman–Crippen MR) is 142 cm³/mol. The summed E-state index contributed by atoms with van der Waals surface area (Å²) in [6.07, 6.45) is 4.99. The minimum Gasteiger partial charge on any atom is -0.364 e. The van der Waals surface area contributed by atoms with Gasteiger partial charge in [0.2, 0.25) is 11.8 Å². The summed E-state index contributed by atoms with van der Waals surface area (Å²) in [6, 6.07) is 8.70. The van der Waals surface area contributed by atoms with E-state index in [1.165, 1.54) is 5.57 Å². The molecule has 5 heterocycles. The van der Waals surface area contributed by atoms with Crippen LogP contribution in [0.1, 0.15) is 57.7 Å². The average molecular weight is 530 g/mol. The Balaban J connectivity index is 0.988. The topological polar surface area (TPSA) is 142 Å². The average Bonchev–Trinajstić information content (AvgIpc) is 3.23. The SMILES string of the molecule is NC(=O)c1ccc(N2CCC(CN3CC(=Cc4ccc5c(c4)CN(C4CCC(=O)NC4=O)C5=O)C3)CC2)nn1. The van der Waals surface area contributed by atoms with E-state index in [4.69, 9.17) is 5.73 Å². The number of piperidine rings is 2. The molecule has 202 valence electrons. The van der Waals surface area contributed by atoms with E-state index in [2.05, 4.69) is 31.4 Å². The van der Waals surface area contributed by atoms with Crippen LogP contribution in [0.5, 0.6) is 0 Å². The number of nitrogens with zero attached hydrogens (tertiary/aromatic N) is 5. The normalized spacial score (nSPS) is 22.0. The lowest BCUT2D eigenvalue weighted by Crippen LogP contribution is -2.52. The van der Waals surface area contributed by atoms with Gasteiger partial charge in [-0.15, -0.1) is 10.2 Å². The highest BCUT2D eigenvalue weighted by Gasteiger charge is 2.39. The lowest BCUT2D eigenvalue weighted by Gasteiger charge is -2.40. The van der Waals surface area contributed by atoms with Gasteiger partial charge in [0.25, 0.3) is 11.8 Å². The quantitative estimate of drug-likeness (QED) is 0.527. The molecule has 2 aromatic rings. The molecule has 1 aromatic heterocycles. The maximum Gasteiger partial charge on any atom is 0.269 e. The first-order valence-corrected chi connectivity index (χ1v) is 13.4. The first-order valence-electron chi connectivity index (χ1n) is 13.4. The summed E-state index contributed by atoms with van der Waals surface area (Å²) in [4.78, 5) is 54.1. The van der Waals surface area contributed by atoms with Crippen LogP contribution in [0.3, 0.4) is 0 Å². The number of amides is 4. The van der Waals surface area contributed by atoms with Gasteiger partial charge in [0.1, 0.15) is 6.04 Å². The van der Waals surface area contributed by atoms with Crippen LogP contribution in [0.15, 0.2) is 35.9 Å². The number of imide groups is 1. The number of nitrogens with one attached hydrogen (secondary N) is 1. The smallest absolute Gasteiger partial charge is 0.269 e. The van der Waals surface area contributed by atoms with Crippen molar-refractivity contribution >= 4 is 35.5 Å². The van der Waals surface area contributed by atoms with Gasteiger partial charge in [0.15, 0.2) is 11.5 Å². The Morgan fingerprint density at radius 3 is 2.51 bits per heavy atom. The molecular formula is C28H31N7O4. The number of likely N-dealkylation sites (tertiary alicyclic amines) is 1. The predicted octanol–water partition coefficient (Wildman–Crippen LogP) is 0.952. The molecule has 11 nitrogen and oxygen atoms in total. The van der Waals surface area contributed by atoms with Crippen molar-refractivity contribution in [3.63, 3.8) is 0 Å². The third-order valence-corrected chi connectivity index (χ3v) is 8.13. The second-order valence-corrected chi connectivity index (χ2v) is 10.9. The van der Waals surface area contributed by atoms with Crippen molar-refractivity contribution in [1.29, 1.82) is 0 Å². The molecule has 0 bridgehead atoms. The second kappa shape index (κ2) is 10.2. The summed E-state index contributed by atoms with van der Waals surface area (Å²) in [6.45, 7) is 5.17. The zero-order chi connectivity index (χ0) is 27.1. The molecule has 0 radical (unpaired) electrons. The minimum atomic E-state index is -0.591. The fraction of sp³-hybridized carbons (Fsp3) is 0.429. The minimum absolute atomic E-state index is 0.144. The molecule has 11 heteroatoms. The summed E-state index contributed by atoms with van der Waals surface area (Å²) in [5.74, 6) is 0.0294. The van der Waals surface area contributed by atoms with E-state index in [0.717, 1.165) is 62.5 Å². The van der Waals surface area contributed by atoms with Crippen LogP contribution in [0.4, 0.5) is 5.82 Å². The van der Waals surface area contributed by atoms with Gasteiger partial charge in [-0.05, 0) is 66.1 Å². The molecule has 0 saturated carbocycles. The van der Waals surface area contributed by atoms with Crippen LogP contribution < -0.4 is 16.0 Å². The van der Waals surface area contributed by atoms with Crippen LogP contribution in [-0.4, -0.2) is 82.4 Å². The Hall–Kier alpha value is -4.12. The first kappa shape index (κ1) is 25.2. The Labute approximate surface area is 226 Å². The number of carbonyl (C=O) groups is 4. The molecule has 0 aliphatic carbocycles. The van der Waals surface area contributed by atoms with Crippen molar-refractivity contribution < 1.29 is 19.2 Å². The molecule has 3 saturated heterocycles. The van der Waals surface area contributed by atoms with Crippen LogP contribution in [0.2, 0.25) is 0 Å². The lowest BCUT2D eigenvalue weighted by atomic mass is 9.93. The summed E-state index contributed by atoms with van der Waals surface area (Å²) in [7, 11) is 0. The van der Waals surface area contributed by atoms with E-state index in [9.17, 15) is 19.2 Å². The Morgan fingerprint density at radius 1 is 1.03 bits per heavy atom. The van der Waals surface area contributed by atoms with E-state index in [-0.39, 0.29) is 29.8 Å². The number of anilines is 1. The van der Waals surface area contributed by atoms with E-state index < -0.39 is 11.9 Å². The molecular weight excluding hydrogens is 498 g/mol. The maximum absolute atomic E-state index is 12.9. The molecule has 39 heavy (non-hydrogen) atoms. The number of hydrogen-bond donors (Lipinski definition) is 2. The van der Waals surface area contributed by atoms with Gasteiger partial charge >= 0.3 is 0 Å². The van der Waals surface area contributed by atoms with E-state index in [1.54, 1.807) is 17.0 Å². The fourth-order valence-corrected chi connectivity index (χ4v) is 6.00. The molecule has 1 atom stereocenters. The molecule has 6 rings (SSSR count). The van der Waals surface area contributed by atoms with Crippen molar-refractivity contribution in [1.82, 2.24) is 25.3 Å². The molecule has 4 amide bonds. The van der Waals surface area contributed by atoms with Crippen molar-refractivity contribution in [2.75, 3.05) is 37.6 Å². The molecule has 4 aliphatic heterocycles. The van der Waals surface area contributed by atoms with Crippen molar-refractivity contribution in [2.24, 2.45) is 11.7 Å². The van der Waals surface area contributed by atoms with Gasteiger partial charge in [0.05, 0.1) is 0 Å². The van der Waals surface area contributed by atoms with Gasteiger partial charge in [-0.2, -0.15) is 0 Å². The van der Waals surface area contributed by atoms with E-state index in [0.29, 0.717) is 24.4 Å². The highest BCUT2D eigenvalue weighted by molar-refractivity contribution is 6.05. The van der Waals surface area contributed by atoms with Crippen LogP contribution in [0, 0.1) is 5.92 Å². The number of carbonyl (C=O) groups excluding carboxylic acids is 4. The third-order valence-electron chi connectivity index (χ3n) is 8.13. The zero-order valence-corrected chi connectivity index (χ0v) is 21.6. The van der Waals surface area contributed by atoms with Gasteiger partial charge < -0.3 is 15.5 Å². The lowest BCUT2D eigenvalue weighted by molar-refractivity contribution is -0.136. The third kappa shape index (κ3) is 5.14. The highest BCUT2D eigenvalue weighted by atomic mass is 16.2. The van der Waals surface area contributed by atoms with Gasteiger partial charge in [-0.25, -0.2) is 0 Å². The standard InChI is InChI=1S/C28H31N7O4/c29-26(37)22-3-5-24(32-31-22)34-9-7-17(8-10-34)13-33-14-19(15-33)11-18-1-2-21-20(12-18)16-35(28(21)39)23-4-6-25(36)30-27(23)38/h1-3,5,11-12,17,23H,4,6-10,13-16H2,(H2,29,37)(H,30,36,38). The molecule has 4 aliphatic rings. The number of fused-ring (bicyclic) bond motifs is 1. The summed E-state index contributed by atoms with van der Waals surface area (Å²) < 4.78 is 0.